The Morgan fingerprint density at radius 3 is 1.78 bits per heavy atom. The normalized spacial score (nSPS) is 14.1. The number of para-hydroxylation sites is 3. The molecule has 2 aromatic heterocycles. The van der Waals surface area contributed by atoms with Crippen molar-refractivity contribution in [3.8, 4) is 29.6 Å². The summed E-state index contributed by atoms with van der Waals surface area (Å²) in [6.07, 6.45) is 7.56. The van der Waals surface area contributed by atoms with E-state index >= 15 is 0 Å². The van der Waals surface area contributed by atoms with E-state index in [2.05, 4.69) is 112 Å². The first-order valence-electron chi connectivity index (χ1n) is 16.6. The molecule has 1 unspecified atom stereocenters. The highest BCUT2D eigenvalue weighted by molar-refractivity contribution is 6.10. The molecule has 8 aromatic rings. The average molecular weight is 638 g/mol. The smallest absolute Gasteiger partial charge is 0.0992 e. The Morgan fingerprint density at radius 1 is 0.520 bits per heavy atom. The Bertz CT molecular complexity index is 2890. The zero-order valence-electron chi connectivity index (χ0n) is 26.9. The molecule has 0 spiro atoms. The first-order valence-corrected chi connectivity index (χ1v) is 16.6. The van der Waals surface area contributed by atoms with Gasteiger partial charge in [0.1, 0.15) is 0 Å². The molecule has 9 rings (SSSR count). The molecule has 5 heteroatoms. The molecule has 0 N–H and O–H groups in total. The van der Waals surface area contributed by atoms with Crippen molar-refractivity contribution < 1.29 is 0 Å². The largest absolute Gasteiger partial charge is 0.309 e. The molecule has 0 saturated carbocycles. The van der Waals surface area contributed by atoms with E-state index in [1.807, 2.05) is 60.7 Å². The zero-order valence-corrected chi connectivity index (χ0v) is 26.9. The summed E-state index contributed by atoms with van der Waals surface area (Å²) in [5.74, 6) is 0.0904. The second-order valence-corrected chi connectivity index (χ2v) is 12.7. The molecule has 5 nitrogen and oxygen atoms in total. The van der Waals surface area contributed by atoms with E-state index in [4.69, 9.17) is 0 Å². The number of aromatic nitrogens is 2. The van der Waals surface area contributed by atoms with Crippen molar-refractivity contribution in [3.05, 3.63) is 173 Å². The summed E-state index contributed by atoms with van der Waals surface area (Å²) < 4.78 is 4.51. The van der Waals surface area contributed by atoms with Crippen molar-refractivity contribution in [2.75, 3.05) is 0 Å². The Hall–Kier alpha value is -7.13. The van der Waals surface area contributed by atoms with E-state index in [-0.39, 0.29) is 5.92 Å². The standard InChI is InChI=1S/C45H27N5/c46-26-29-16-18-44-39(22-29)37-11-2-5-14-42(37)49(44)35-21-31(28-48)20-34(25-35)32-8-7-9-33(24-32)36-10-1-4-13-41(36)50-43-15-6-3-12-38(43)40-23-30(27-47)17-19-45(40)50/h1-8,10-25,33H,9H2. The predicted octanol–water partition coefficient (Wildman–Crippen LogP) is 10.6. The third-order valence-electron chi connectivity index (χ3n) is 9.89. The van der Waals surface area contributed by atoms with Gasteiger partial charge in [0.05, 0.1) is 57.0 Å². The molecule has 6 aromatic carbocycles. The zero-order chi connectivity index (χ0) is 33.8. The SMILES string of the molecule is N#Cc1cc(C2=CC(c3ccccc3-n3c4ccccc4c4cc(C#N)ccc43)CC=C2)cc(-n2c3ccccc3c3cc(C#N)ccc32)c1. The van der Waals surface area contributed by atoms with Gasteiger partial charge in [-0.1, -0.05) is 72.8 Å². The van der Waals surface area contributed by atoms with Crippen molar-refractivity contribution in [1.29, 1.82) is 15.8 Å². The number of allylic oxidation sites excluding steroid dienone is 4. The quantitative estimate of drug-likeness (QED) is 0.193. The Morgan fingerprint density at radius 2 is 1.10 bits per heavy atom. The number of hydrogen-bond donors (Lipinski definition) is 0. The van der Waals surface area contributed by atoms with Gasteiger partial charge in [0, 0.05) is 38.8 Å². The fourth-order valence-electron chi connectivity index (χ4n) is 7.69. The van der Waals surface area contributed by atoms with Gasteiger partial charge in [-0.05, 0) is 95.9 Å². The van der Waals surface area contributed by atoms with Gasteiger partial charge in [-0.25, -0.2) is 0 Å². The van der Waals surface area contributed by atoms with Crippen molar-refractivity contribution in [1.82, 2.24) is 9.13 Å². The summed E-state index contributed by atoms with van der Waals surface area (Å²) in [5, 5.41) is 33.7. The summed E-state index contributed by atoms with van der Waals surface area (Å²) in [6, 6.07) is 49.9. The first-order chi connectivity index (χ1) is 24.6. The molecule has 0 aliphatic heterocycles. The van der Waals surface area contributed by atoms with Gasteiger partial charge >= 0.3 is 0 Å². The van der Waals surface area contributed by atoms with Crippen LogP contribution in [0.25, 0.3) is 60.6 Å². The lowest BCUT2D eigenvalue weighted by molar-refractivity contribution is 0.846. The summed E-state index contributed by atoms with van der Waals surface area (Å²) in [7, 11) is 0. The van der Waals surface area contributed by atoms with Crippen molar-refractivity contribution in [2.24, 2.45) is 0 Å². The summed E-state index contributed by atoms with van der Waals surface area (Å²) in [6.45, 7) is 0. The van der Waals surface area contributed by atoms with Crippen molar-refractivity contribution in [3.63, 3.8) is 0 Å². The maximum atomic E-state index is 10.2. The van der Waals surface area contributed by atoms with Crippen molar-refractivity contribution in [2.45, 2.75) is 12.3 Å². The summed E-state index contributed by atoms with van der Waals surface area (Å²) in [5.41, 5.74) is 11.2. The molecule has 0 amide bonds. The van der Waals surface area contributed by atoms with E-state index in [0.29, 0.717) is 16.7 Å². The highest BCUT2D eigenvalue weighted by Gasteiger charge is 2.21. The van der Waals surface area contributed by atoms with Crippen LogP contribution in [0.2, 0.25) is 0 Å². The molecule has 232 valence electrons. The van der Waals surface area contributed by atoms with Crippen LogP contribution in [-0.2, 0) is 0 Å². The second-order valence-electron chi connectivity index (χ2n) is 12.7. The highest BCUT2D eigenvalue weighted by Crippen LogP contribution is 2.40. The molecule has 2 heterocycles. The Balaban J connectivity index is 1.20. The number of hydrogen-bond acceptors (Lipinski definition) is 3. The van der Waals surface area contributed by atoms with Crippen LogP contribution in [0, 0.1) is 34.0 Å². The van der Waals surface area contributed by atoms with E-state index < -0.39 is 0 Å². The van der Waals surface area contributed by atoms with Crippen LogP contribution in [-0.4, -0.2) is 9.13 Å². The van der Waals surface area contributed by atoms with E-state index in [1.165, 1.54) is 5.56 Å². The minimum absolute atomic E-state index is 0.0904. The van der Waals surface area contributed by atoms with Gasteiger partial charge < -0.3 is 9.13 Å². The maximum absolute atomic E-state index is 10.2. The van der Waals surface area contributed by atoms with Gasteiger partial charge in [-0.3, -0.25) is 0 Å². The third kappa shape index (κ3) is 4.52. The lowest BCUT2D eigenvalue weighted by Gasteiger charge is -2.22. The molecular weight excluding hydrogens is 611 g/mol. The number of fused-ring (bicyclic) bond motifs is 6. The van der Waals surface area contributed by atoms with Crippen LogP contribution in [0.1, 0.15) is 40.2 Å². The van der Waals surface area contributed by atoms with E-state index in [0.717, 1.165) is 72.5 Å². The minimum Gasteiger partial charge on any atom is -0.309 e. The number of nitriles is 3. The van der Waals surface area contributed by atoms with Gasteiger partial charge in [-0.15, -0.1) is 0 Å². The molecular formula is C45H27N5. The van der Waals surface area contributed by atoms with Crippen LogP contribution in [0.4, 0.5) is 0 Å². The van der Waals surface area contributed by atoms with Gasteiger partial charge in [0.15, 0.2) is 0 Å². The van der Waals surface area contributed by atoms with Crippen LogP contribution < -0.4 is 0 Å². The predicted molar refractivity (Wildman–Crippen MR) is 200 cm³/mol. The van der Waals surface area contributed by atoms with Gasteiger partial charge in [-0.2, -0.15) is 15.8 Å². The highest BCUT2D eigenvalue weighted by atomic mass is 15.0. The molecule has 50 heavy (non-hydrogen) atoms. The topological polar surface area (TPSA) is 81.2 Å². The molecule has 1 aliphatic rings. The van der Waals surface area contributed by atoms with Crippen molar-refractivity contribution >= 4 is 49.2 Å². The number of nitrogens with zero attached hydrogens (tertiary/aromatic N) is 5. The fraction of sp³-hybridized carbons (Fsp3) is 0.0444. The molecule has 1 atom stereocenters. The molecule has 1 aliphatic carbocycles. The molecule has 0 saturated heterocycles. The molecule has 0 radical (unpaired) electrons. The summed E-state index contributed by atoms with van der Waals surface area (Å²) >= 11 is 0. The Labute approximate surface area is 288 Å². The average Bonchev–Trinajstić information content (AvgIpc) is 3.69. The van der Waals surface area contributed by atoms with Crippen LogP contribution >= 0.6 is 0 Å². The maximum Gasteiger partial charge on any atom is 0.0992 e. The summed E-state index contributed by atoms with van der Waals surface area (Å²) in [4.78, 5) is 0. The van der Waals surface area contributed by atoms with Gasteiger partial charge in [0.25, 0.3) is 0 Å². The van der Waals surface area contributed by atoms with Crippen LogP contribution in [0.15, 0.2) is 146 Å². The first kappa shape index (κ1) is 29.0. The second kappa shape index (κ2) is 11.5. The van der Waals surface area contributed by atoms with Crippen LogP contribution in [0.5, 0.6) is 0 Å². The lowest BCUT2D eigenvalue weighted by Crippen LogP contribution is -2.06. The molecule has 0 bridgehead atoms. The lowest BCUT2D eigenvalue weighted by atomic mass is 9.86. The van der Waals surface area contributed by atoms with E-state index in [1.54, 1.807) is 0 Å². The van der Waals surface area contributed by atoms with Gasteiger partial charge in [0.2, 0.25) is 0 Å². The van der Waals surface area contributed by atoms with Crippen LogP contribution in [0.3, 0.4) is 0 Å². The number of rotatable bonds is 4. The molecule has 0 fully saturated rings. The number of benzene rings is 6. The monoisotopic (exact) mass is 637 g/mol. The Kier molecular flexibility index (Phi) is 6.70. The third-order valence-corrected chi connectivity index (χ3v) is 9.89. The minimum atomic E-state index is 0.0904. The van der Waals surface area contributed by atoms with E-state index in [9.17, 15) is 15.8 Å². The fourth-order valence-corrected chi connectivity index (χ4v) is 7.69.